The van der Waals surface area contributed by atoms with Crippen LogP contribution in [0.5, 0.6) is 0 Å². The summed E-state index contributed by atoms with van der Waals surface area (Å²) in [5.74, 6) is 1.69. The van der Waals surface area contributed by atoms with E-state index in [0.717, 1.165) is 28.7 Å². The molecule has 4 nitrogen and oxygen atoms in total. The van der Waals surface area contributed by atoms with Gasteiger partial charge < -0.3 is 14.6 Å². The smallest absolute Gasteiger partial charge is 0.230 e. The molecule has 1 aromatic carbocycles. The molecule has 25 heavy (non-hydrogen) atoms. The predicted octanol–water partition coefficient (Wildman–Crippen LogP) is 4.58. The van der Waals surface area contributed by atoms with Crippen LogP contribution < -0.4 is 5.32 Å². The summed E-state index contributed by atoms with van der Waals surface area (Å²) in [5, 5.41) is 3.53. The number of carbonyl (C=O) groups excluding carboxylic acids is 1. The summed E-state index contributed by atoms with van der Waals surface area (Å²) >= 11 is 12.6. The first-order valence-corrected chi connectivity index (χ1v) is 9.83. The van der Waals surface area contributed by atoms with Crippen molar-refractivity contribution in [2.75, 3.05) is 18.8 Å². The minimum absolute atomic E-state index is 0.0658. The van der Waals surface area contributed by atoms with Gasteiger partial charge in [0.2, 0.25) is 5.91 Å². The maximum atomic E-state index is 12.0. The Bertz CT molecular complexity index is 712. The van der Waals surface area contributed by atoms with Gasteiger partial charge in [0.05, 0.1) is 12.3 Å². The number of nitrogens with one attached hydrogen (secondary N) is 1. The van der Waals surface area contributed by atoms with Gasteiger partial charge >= 0.3 is 0 Å². The van der Waals surface area contributed by atoms with E-state index in [4.69, 9.17) is 28.2 Å². The number of benzene rings is 1. The van der Waals surface area contributed by atoms with Crippen LogP contribution in [0, 0.1) is 0 Å². The van der Waals surface area contributed by atoms with Crippen LogP contribution in [0.25, 0.3) is 11.3 Å². The van der Waals surface area contributed by atoms with Crippen LogP contribution in [0.3, 0.4) is 0 Å². The van der Waals surface area contributed by atoms with Crippen LogP contribution in [-0.2, 0) is 11.3 Å². The van der Waals surface area contributed by atoms with E-state index in [1.54, 1.807) is 0 Å². The Morgan fingerprint density at radius 2 is 1.88 bits per heavy atom. The van der Waals surface area contributed by atoms with Crippen LogP contribution in [0.1, 0.15) is 19.6 Å². The van der Waals surface area contributed by atoms with Gasteiger partial charge in [-0.2, -0.15) is 0 Å². The summed E-state index contributed by atoms with van der Waals surface area (Å²) in [7, 11) is 0. The van der Waals surface area contributed by atoms with Gasteiger partial charge in [-0.15, -0.1) is 0 Å². The van der Waals surface area contributed by atoms with Crippen molar-refractivity contribution in [1.29, 1.82) is 0 Å². The van der Waals surface area contributed by atoms with Crippen molar-refractivity contribution in [2.45, 2.75) is 20.4 Å². The number of furan rings is 1. The molecule has 1 heterocycles. The second-order valence-corrected chi connectivity index (χ2v) is 7.32. The van der Waals surface area contributed by atoms with Crippen LogP contribution in [-0.4, -0.2) is 34.0 Å². The minimum atomic E-state index is -0.0658. The molecule has 0 bridgehead atoms. The lowest BCUT2D eigenvalue weighted by atomic mass is 10.2. The number of halogens is 1. The van der Waals surface area contributed by atoms with Gasteiger partial charge in [0.25, 0.3) is 0 Å². The quantitative estimate of drug-likeness (QED) is 0.694. The highest BCUT2D eigenvalue weighted by molar-refractivity contribution is 8.23. The Kier molecular flexibility index (Phi) is 7.81. The molecule has 0 unspecified atom stereocenters. The van der Waals surface area contributed by atoms with Crippen molar-refractivity contribution >= 4 is 45.8 Å². The second kappa shape index (κ2) is 9.85. The van der Waals surface area contributed by atoms with Crippen LogP contribution in [0.4, 0.5) is 0 Å². The number of amides is 1. The number of carbonyl (C=O) groups is 1. The first-order chi connectivity index (χ1) is 12.0. The zero-order valence-corrected chi connectivity index (χ0v) is 16.6. The molecule has 134 valence electrons. The molecule has 0 aliphatic carbocycles. The fraction of sp³-hybridized carbons (Fsp3) is 0.333. The lowest BCUT2D eigenvalue weighted by Gasteiger charge is -2.20. The fourth-order valence-electron chi connectivity index (χ4n) is 2.18. The lowest BCUT2D eigenvalue weighted by Crippen LogP contribution is -2.30. The molecule has 0 aliphatic heterocycles. The highest BCUT2D eigenvalue weighted by Gasteiger charge is 2.10. The molecular formula is C18H21ClN2O2S2. The Morgan fingerprint density at radius 1 is 1.20 bits per heavy atom. The van der Waals surface area contributed by atoms with Crippen molar-refractivity contribution in [2.24, 2.45) is 0 Å². The van der Waals surface area contributed by atoms with Crippen molar-refractivity contribution in [3.63, 3.8) is 0 Å². The third-order valence-corrected chi connectivity index (χ3v) is 5.37. The monoisotopic (exact) mass is 396 g/mol. The second-order valence-electron chi connectivity index (χ2n) is 5.28. The maximum absolute atomic E-state index is 12.0. The summed E-state index contributed by atoms with van der Waals surface area (Å²) in [4.78, 5) is 14.0. The Hall–Kier alpha value is -1.50. The molecule has 2 aromatic rings. The number of hydrogen-bond acceptors (Lipinski definition) is 4. The molecule has 7 heteroatoms. The average Bonchev–Trinajstić information content (AvgIpc) is 3.09. The van der Waals surface area contributed by atoms with E-state index in [1.807, 2.05) is 50.2 Å². The largest absolute Gasteiger partial charge is 0.459 e. The number of thioether (sulfide) groups is 1. The van der Waals surface area contributed by atoms with Crippen LogP contribution in [0.2, 0.25) is 5.02 Å². The Morgan fingerprint density at radius 3 is 2.52 bits per heavy atom. The molecule has 1 aromatic heterocycles. The Balaban J connectivity index is 1.80. The fourth-order valence-corrected chi connectivity index (χ4v) is 3.54. The summed E-state index contributed by atoms with van der Waals surface area (Å²) in [6.45, 7) is 6.15. The van der Waals surface area contributed by atoms with E-state index in [0.29, 0.717) is 23.1 Å². The molecule has 2 rings (SSSR count). The zero-order chi connectivity index (χ0) is 18.2. The molecule has 0 saturated heterocycles. The van der Waals surface area contributed by atoms with E-state index >= 15 is 0 Å². The molecule has 0 spiro atoms. The van der Waals surface area contributed by atoms with E-state index in [2.05, 4.69) is 10.2 Å². The number of hydrogen-bond donors (Lipinski definition) is 1. The lowest BCUT2D eigenvalue weighted by molar-refractivity contribution is -0.118. The number of rotatable bonds is 7. The highest BCUT2D eigenvalue weighted by atomic mass is 35.5. The zero-order valence-electron chi connectivity index (χ0n) is 14.3. The van der Waals surface area contributed by atoms with Gasteiger partial charge in [0.1, 0.15) is 15.8 Å². The first-order valence-electron chi connectivity index (χ1n) is 8.06. The summed E-state index contributed by atoms with van der Waals surface area (Å²) in [6, 6.07) is 11.2. The van der Waals surface area contributed by atoms with E-state index in [1.165, 1.54) is 11.8 Å². The Labute approximate surface area is 162 Å². The molecular weight excluding hydrogens is 376 g/mol. The molecule has 0 atom stereocenters. The number of thiocarbonyl (C=S) groups is 1. The van der Waals surface area contributed by atoms with Crippen molar-refractivity contribution < 1.29 is 9.21 Å². The van der Waals surface area contributed by atoms with Gasteiger partial charge in [-0.3, -0.25) is 4.79 Å². The van der Waals surface area contributed by atoms with Crippen LogP contribution in [0.15, 0.2) is 40.8 Å². The molecule has 0 aliphatic rings. The molecule has 0 saturated carbocycles. The summed E-state index contributed by atoms with van der Waals surface area (Å²) in [6.07, 6.45) is 0. The molecule has 1 amide bonds. The van der Waals surface area contributed by atoms with Crippen LogP contribution >= 0.6 is 35.6 Å². The van der Waals surface area contributed by atoms with Crippen molar-refractivity contribution in [3.8, 4) is 11.3 Å². The van der Waals surface area contributed by atoms with E-state index < -0.39 is 0 Å². The van der Waals surface area contributed by atoms with Gasteiger partial charge in [0, 0.05) is 23.7 Å². The maximum Gasteiger partial charge on any atom is 0.230 e. The van der Waals surface area contributed by atoms with E-state index in [-0.39, 0.29) is 5.91 Å². The van der Waals surface area contributed by atoms with Crippen molar-refractivity contribution in [3.05, 3.63) is 47.2 Å². The van der Waals surface area contributed by atoms with Gasteiger partial charge in [0.15, 0.2) is 0 Å². The number of nitrogens with zero attached hydrogens (tertiary/aromatic N) is 1. The first kappa shape index (κ1) is 19.8. The van der Waals surface area contributed by atoms with E-state index in [9.17, 15) is 4.79 Å². The van der Waals surface area contributed by atoms with Crippen molar-refractivity contribution in [1.82, 2.24) is 10.2 Å². The molecule has 0 fully saturated rings. The normalized spacial score (nSPS) is 10.5. The predicted molar refractivity (Wildman–Crippen MR) is 109 cm³/mol. The van der Waals surface area contributed by atoms with Gasteiger partial charge in [-0.05, 0) is 50.2 Å². The SMILES string of the molecule is CCN(CC)C(=S)SCC(=O)NCc1ccc(-c2ccc(Cl)cc2)o1. The topological polar surface area (TPSA) is 45.5 Å². The van der Waals surface area contributed by atoms with Gasteiger partial charge in [-0.25, -0.2) is 0 Å². The highest BCUT2D eigenvalue weighted by Crippen LogP contribution is 2.23. The summed E-state index contributed by atoms with van der Waals surface area (Å²) < 4.78 is 6.51. The summed E-state index contributed by atoms with van der Waals surface area (Å²) in [5.41, 5.74) is 0.946. The standard InChI is InChI=1S/C18H21ClN2O2S2/c1-3-21(4-2)18(24)25-12-17(22)20-11-15-9-10-16(23-15)13-5-7-14(19)8-6-13/h5-10H,3-4,11-12H2,1-2H3,(H,20,22). The third kappa shape index (κ3) is 6.06. The average molecular weight is 397 g/mol. The molecule has 1 N–H and O–H groups in total. The van der Waals surface area contributed by atoms with Gasteiger partial charge in [-0.1, -0.05) is 35.6 Å². The third-order valence-electron chi connectivity index (χ3n) is 3.60. The minimum Gasteiger partial charge on any atom is -0.459 e. The molecule has 0 radical (unpaired) electrons.